The Hall–Kier alpha value is -3.21. The highest BCUT2D eigenvalue weighted by Crippen LogP contribution is 2.45. The molecule has 1 aromatic heterocycles. The molecule has 1 saturated carbocycles. The Bertz CT molecular complexity index is 1350. The van der Waals surface area contributed by atoms with Gasteiger partial charge in [-0.05, 0) is 49.4 Å². The highest BCUT2D eigenvalue weighted by atomic mass is 16.3. The third kappa shape index (κ3) is 3.80. The van der Waals surface area contributed by atoms with Crippen LogP contribution in [0.3, 0.4) is 0 Å². The number of aliphatic hydroxyl groups is 2. The molecule has 0 radical (unpaired) electrons. The van der Waals surface area contributed by atoms with Crippen LogP contribution in [-0.4, -0.2) is 52.3 Å². The smallest absolute Gasteiger partial charge is 0.102 e. The fourth-order valence-corrected chi connectivity index (χ4v) is 6.32. The van der Waals surface area contributed by atoms with Crippen molar-refractivity contribution in [2.24, 2.45) is 10.4 Å². The Morgan fingerprint density at radius 1 is 1.06 bits per heavy atom. The van der Waals surface area contributed by atoms with Crippen molar-refractivity contribution in [2.75, 3.05) is 31.2 Å². The maximum absolute atomic E-state index is 10.1. The summed E-state index contributed by atoms with van der Waals surface area (Å²) in [6, 6.07) is 11.6. The number of nitrogens with zero attached hydrogens (tertiary/aromatic N) is 5. The molecule has 1 aliphatic carbocycles. The molecule has 0 amide bonds. The van der Waals surface area contributed by atoms with E-state index in [0.717, 1.165) is 33.6 Å². The Kier molecular flexibility index (Phi) is 6.02. The van der Waals surface area contributed by atoms with Crippen LogP contribution in [0.1, 0.15) is 62.1 Å². The molecule has 0 spiro atoms. The number of benzene rings is 2. The molecule has 2 fully saturated rings. The molecule has 6 rings (SSSR count). The molecule has 1 saturated heterocycles. The van der Waals surface area contributed by atoms with Crippen molar-refractivity contribution in [3.05, 3.63) is 41.7 Å². The highest BCUT2D eigenvalue weighted by Gasteiger charge is 2.35. The van der Waals surface area contributed by atoms with Crippen LogP contribution in [-0.2, 0) is 6.42 Å². The largest absolute Gasteiger partial charge is 0.396 e. The second kappa shape index (κ2) is 9.34. The Morgan fingerprint density at radius 3 is 2.56 bits per heavy atom. The second-order valence-corrected chi connectivity index (χ2v) is 10.7. The Morgan fingerprint density at radius 2 is 1.83 bits per heavy atom. The summed E-state index contributed by atoms with van der Waals surface area (Å²) in [7, 11) is 0. The number of imidazole rings is 1. The Labute approximate surface area is 211 Å². The van der Waals surface area contributed by atoms with Gasteiger partial charge in [0.05, 0.1) is 47.5 Å². The molecule has 7 nitrogen and oxygen atoms in total. The van der Waals surface area contributed by atoms with Crippen LogP contribution in [0.4, 0.5) is 11.4 Å². The predicted octanol–water partition coefficient (Wildman–Crippen LogP) is 4.91. The lowest BCUT2D eigenvalue weighted by Crippen LogP contribution is -2.44. The minimum absolute atomic E-state index is 0.0146. The molecule has 3 aromatic rings. The lowest BCUT2D eigenvalue weighted by molar-refractivity contribution is 0.0341. The number of piperidine rings is 1. The predicted molar refractivity (Wildman–Crippen MR) is 142 cm³/mol. The lowest BCUT2D eigenvalue weighted by atomic mass is 9.79. The summed E-state index contributed by atoms with van der Waals surface area (Å²) in [5.74, 6) is 0. The molecule has 2 aliphatic heterocycles. The molecule has 3 aliphatic rings. The summed E-state index contributed by atoms with van der Waals surface area (Å²) in [6.45, 7) is 1.36. The van der Waals surface area contributed by atoms with Crippen molar-refractivity contribution in [3.63, 3.8) is 0 Å². The van der Waals surface area contributed by atoms with Gasteiger partial charge in [0.15, 0.2) is 0 Å². The van der Waals surface area contributed by atoms with E-state index in [1.165, 1.54) is 37.6 Å². The van der Waals surface area contributed by atoms with Crippen LogP contribution in [0, 0.1) is 16.7 Å². The van der Waals surface area contributed by atoms with Gasteiger partial charge in [-0.3, -0.25) is 4.99 Å². The van der Waals surface area contributed by atoms with E-state index >= 15 is 0 Å². The van der Waals surface area contributed by atoms with Crippen molar-refractivity contribution in [2.45, 2.75) is 57.4 Å². The van der Waals surface area contributed by atoms with Gasteiger partial charge in [-0.1, -0.05) is 25.3 Å². The fraction of sp³-hybridized carbons (Fsp3) is 0.483. The molecule has 3 heterocycles. The fourth-order valence-electron chi connectivity index (χ4n) is 6.32. The first-order chi connectivity index (χ1) is 17.7. The van der Waals surface area contributed by atoms with E-state index in [4.69, 9.17) is 9.98 Å². The Balaban J connectivity index is 1.39. The molecule has 0 atom stereocenters. The summed E-state index contributed by atoms with van der Waals surface area (Å²) in [5.41, 5.74) is 7.32. The zero-order valence-electron chi connectivity index (χ0n) is 20.7. The standard InChI is InChI=1S/C29H33N5O2/c30-16-24-22-8-11-31-28(22)23(15-27(24)33-12-9-29(17-35,18-36)10-13-33)20-6-7-26-25(14-20)32-19-34(26)21-4-2-1-3-5-21/h6-7,11,14-15,19,21,35-36H,1-5,8-10,12-13,17-18H2. The van der Waals surface area contributed by atoms with Crippen LogP contribution in [0.2, 0.25) is 0 Å². The zero-order chi connectivity index (χ0) is 24.7. The minimum Gasteiger partial charge on any atom is -0.396 e. The molecule has 0 bridgehead atoms. The molecule has 7 heteroatoms. The first-order valence-electron chi connectivity index (χ1n) is 13.2. The summed E-state index contributed by atoms with van der Waals surface area (Å²) in [5, 5.41) is 29.8. The maximum atomic E-state index is 10.1. The highest BCUT2D eigenvalue weighted by molar-refractivity contribution is 5.94. The molecule has 186 valence electrons. The van der Waals surface area contributed by atoms with Crippen LogP contribution in [0.25, 0.3) is 22.2 Å². The summed E-state index contributed by atoms with van der Waals surface area (Å²) in [4.78, 5) is 11.7. The summed E-state index contributed by atoms with van der Waals surface area (Å²) >= 11 is 0. The van der Waals surface area contributed by atoms with E-state index in [2.05, 4.69) is 39.8 Å². The molecule has 36 heavy (non-hydrogen) atoms. The maximum Gasteiger partial charge on any atom is 0.102 e. The van der Waals surface area contributed by atoms with Crippen molar-refractivity contribution in [1.82, 2.24) is 9.55 Å². The molecule has 2 aromatic carbocycles. The monoisotopic (exact) mass is 483 g/mol. The number of anilines is 1. The number of hydrogen-bond acceptors (Lipinski definition) is 6. The van der Waals surface area contributed by atoms with E-state index < -0.39 is 5.41 Å². The van der Waals surface area contributed by atoms with E-state index in [1.54, 1.807) is 0 Å². The van der Waals surface area contributed by atoms with Crippen molar-refractivity contribution >= 4 is 28.6 Å². The van der Waals surface area contributed by atoms with Gasteiger partial charge in [-0.25, -0.2) is 4.98 Å². The lowest BCUT2D eigenvalue weighted by Gasteiger charge is -2.41. The quantitative estimate of drug-likeness (QED) is 0.537. The second-order valence-electron chi connectivity index (χ2n) is 10.7. The van der Waals surface area contributed by atoms with Crippen LogP contribution in [0.15, 0.2) is 35.6 Å². The number of aliphatic imine (C=N–C) groups is 1. The van der Waals surface area contributed by atoms with Gasteiger partial charge < -0.3 is 19.7 Å². The minimum atomic E-state index is -0.436. The number of hydrogen-bond donors (Lipinski definition) is 2. The van der Waals surface area contributed by atoms with Crippen LogP contribution in [0.5, 0.6) is 0 Å². The van der Waals surface area contributed by atoms with E-state index in [9.17, 15) is 15.5 Å². The topological polar surface area (TPSA) is 97.7 Å². The van der Waals surface area contributed by atoms with Gasteiger partial charge in [0.1, 0.15) is 6.07 Å². The number of aliphatic hydroxyl groups excluding tert-OH is 2. The average molecular weight is 484 g/mol. The molecule has 2 N–H and O–H groups in total. The van der Waals surface area contributed by atoms with Gasteiger partial charge in [0, 0.05) is 48.3 Å². The molecule has 0 unspecified atom stereocenters. The molecular weight excluding hydrogens is 450 g/mol. The van der Waals surface area contributed by atoms with Crippen molar-refractivity contribution in [1.29, 1.82) is 5.26 Å². The molecular formula is C29H33N5O2. The van der Waals surface area contributed by atoms with E-state index in [-0.39, 0.29) is 13.2 Å². The number of rotatable bonds is 5. The van der Waals surface area contributed by atoms with Crippen molar-refractivity contribution < 1.29 is 10.2 Å². The van der Waals surface area contributed by atoms with E-state index in [0.29, 0.717) is 44.0 Å². The van der Waals surface area contributed by atoms with Gasteiger partial charge in [-0.2, -0.15) is 5.26 Å². The number of fused-ring (bicyclic) bond motifs is 2. The van der Waals surface area contributed by atoms with Gasteiger partial charge in [-0.15, -0.1) is 0 Å². The number of nitriles is 1. The third-order valence-corrected chi connectivity index (χ3v) is 8.70. The first kappa shape index (κ1) is 23.2. The zero-order valence-corrected chi connectivity index (χ0v) is 20.7. The number of aromatic nitrogens is 2. The summed E-state index contributed by atoms with van der Waals surface area (Å²) in [6.07, 6.45) is 12.3. The third-order valence-electron chi connectivity index (χ3n) is 8.70. The van der Waals surface area contributed by atoms with Gasteiger partial charge in [0.25, 0.3) is 0 Å². The SMILES string of the molecule is N#Cc1c(N2CCC(CO)(CO)CC2)cc(-c2ccc3c(c2)ncn3C2CCCCC2)c2c1CC=N2. The van der Waals surface area contributed by atoms with Gasteiger partial charge >= 0.3 is 0 Å². The van der Waals surface area contributed by atoms with Crippen molar-refractivity contribution in [3.8, 4) is 17.2 Å². The van der Waals surface area contributed by atoms with Crippen LogP contribution >= 0.6 is 0 Å². The average Bonchev–Trinajstić information content (AvgIpc) is 3.60. The van der Waals surface area contributed by atoms with Gasteiger partial charge in [0.2, 0.25) is 0 Å². The van der Waals surface area contributed by atoms with E-state index in [1.807, 2.05) is 12.5 Å². The summed E-state index contributed by atoms with van der Waals surface area (Å²) < 4.78 is 2.35. The first-order valence-corrected chi connectivity index (χ1v) is 13.2. The normalized spacial score (nSPS) is 19.5. The van der Waals surface area contributed by atoms with Crippen LogP contribution < -0.4 is 4.90 Å².